The summed E-state index contributed by atoms with van der Waals surface area (Å²) in [6, 6.07) is 0. The number of carbonyl (C=O) groups is 1. The smallest absolute Gasteiger partial charge is 0.325 e. The molecular formula is C9H17ClO4. The predicted octanol–water partition coefficient (Wildman–Crippen LogP) is 1.41. The van der Waals surface area contributed by atoms with Gasteiger partial charge in [0.25, 0.3) is 0 Å². The fourth-order valence-electron chi connectivity index (χ4n) is 1.00. The lowest BCUT2D eigenvalue weighted by Gasteiger charge is -2.33. The van der Waals surface area contributed by atoms with Crippen LogP contribution in [0.15, 0.2) is 0 Å². The molecule has 0 unspecified atom stereocenters. The van der Waals surface area contributed by atoms with Gasteiger partial charge in [0.1, 0.15) is 0 Å². The van der Waals surface area contributed by atoms with Gasteiger partial charge in [-0.1, -0.05) is 13.8 Å². The number of ketones is 1. The molecule has 5 heteroatoms. The highest BCUT2D eigenvalue weighted by molar-refractivity contribution is 6.20. The van der Waals surface area contributed by atoms with E-state index in [9.17, 15) is 4.79 Å². The SMILES string of the molecule is COC(OC)(OC)C(=O)C(C)(C)CCl. The molecule has 0 fully saturated rings. The Morgan fingerprint density at radius 2 is 1.50 bits per heavy atom. The third-order valence-electron chi connectivity index (χ3n) is 2.03. The van der Waals surface area contributed by atoms with Gasteiger partial charge in [0.05, 0.1) is 0 Å². The first kappa shape index (κ1) is 13.8. The summed E-state index contributed by atoms with van der Waals surface area (Å²) in [5.74, 6) is -1.82. The van der Waals surface area contributed by atoms with Crippen molar-refractivity contribution in [2.75, 3.05) is 27.2 Å². The molecule has 0 rings (SSSR count). The first-order valence-electron chi connectivity index (χ1n) is 4.16. The Balaban J connectivity index is 4.95. The van der Waals surface area contributed by atoms with E-state index in [0.717, 1.165) is 0 Å². The molecule has 0 aromatic carbocycles. The number of hydrogen-bond acceptors (Lipinski definition) is 4. The second-order valence-electron chi connectivity index (χ2n) is 3.52. The van der Waals surface area contributed by atoms with E-state index in [1.54, 1.807) is 13.8 Å². The Kier molecular flexibility index (Phi) is 5.01. The second-order valence-corrected chi connectivity index (χ2v) is 3.78. The molecule has 14 heavy (non-hydrogen) atoms. The fraction of sp³-hybridized carbons (Fsp3) is 0.889. The minimum atomic E-state index is -1.65. The van der Waals surface area contributed by atoms with Crippen LogP contribution in [0, 0.1) is 5.41 Å². The number of halogens is 1. The molecule has 84 valence electrons. The normalized spacial score (nSPS) is 13.0. The number of carbonyl (C=O) groups excluding carboxylic acids is 1. The number of hydrogen-bond donors (Lipinski definition) is 0. The van der Waals surface area contributed by atoms with Gasteiger partial charge in [0, 0.05) is 32.6 Å². The second kappa shape index (κ2) is 5.07. The zero-order chi connectivity index (χ0) is 11.4. The van der Waals surface area contributed by atoms with Gasteiger partial charge in [-0.25, -0.2) is 0 Å². The number of rotatable bonds is 6. The lowest BCUT2D eigenvalue weighted by Crippen LogP contribution is -2.51. The Hall–Kier alpha value is -0.160. The average Bonchev–Trinajstić information content (AvgIpc) is 2.21. The summed E-state index contributed by atoms with van der Waals surface area (Å²) in [6.45, 7) is 3.41. The molecule has 0 aromatic rings. The lowest BCUT2D eigenvalue weighted by molar-refractivity contribution is -0.329. The van der Waals surface area contributed by atoms with Crippen LogP contribution in [-0.2, 0) is 19.0 Å². The van der Waals surface area contributed by atoms with Crippen molar-refractivity contribution in [3.8, 4) is 0 Å². The lowest BCUT2D eigenvalue weighted by atomic mass is 9.89. The van der Waals surface area contributed by atoms with Gasteiger partial charge in [-0.3, -0.25) is 4.79 Å². The molecule has 0 saturated carbocycles. The summed E-state index contributed by atoms with van der Waals surface area (Å²) in [6.07, 6.45) is 0. The largest absolute Gasteiger partial charge is 0.346 e. The molecule has 0 N–H and O–H groups in total. The summed E-state index contributed by atoms with van der Waals surface area (Å²) < 4.78 is 14.8. The molecule has 0 atom stereocenters. The maximum Gasteiger partial charge on any atom is 0.346 e. The van der Waals surface area contributed by atoms with E-state index >= 15 is 0 Å². The van der Waals surface area contributed by atoms with Crippen molar-refractivity contribution >= 4 is 17.4 Å². The van der Waals surface area contributed by atoms with E-state index < -0.39 is 11.4 Å². The molecule has 0 bridgehead atoms. The Bertz CT molecular complexity index is 191. The van der Waals surface area contributed by atoms with Gasteiger partial charge in [-0.05, 0) is 0 Å². The molecule has 0 spiro atoms. The van der Waals surface area contributed by atoms with E-state index in [2.05, 4.69) is 0 Å². The third-order valence-corrected chi connectivity index (χ3v) is 2.70. The highest BCUT2D eigenvalue weighted by Gasteiger charge is 2.47. The van der Waals surface area contributed by atoms with Crippen LogP contribution < -0.4 is 0 Å². The van der Waals surface area contributed by atoms with Crippen LogP contribution in [0.2, 0.25) is 0 Å². The van der Waals surface area contributed by atoms with E-state index in [4.69, 9.17) is 25.8 Å². The van der Waals surface area contributed by atoms with E-state index in [1.807, 2.05) is 0 Å². The fourth-order valence-corrected chi connectivity index (χ4v) is 1.12. The molecule has 4 nitrogen and oxygen atoms in total. The quantitative estimate of drug-likeness (QED) is 0.506. The molecule has 0 aliphatic heterocycles. The van der Waals surface area contributed by atoms with Crippen molar-refractivity contribution in [3.63, 3.8) is 0 Å². The molecule has 0 heterocycles. The molecule has 0 aromatic heterocycles. The van der Waals surface area contributed by atoms with Gasteiger partial charge in [0.2, 0.25) is 5.78 Å². The van der Waals surface area contributed by atoms with Crippen molar-refractivity contribution < 1.29 is 19.0 Å². The monoisotopic (exact) mass is 224 g/mol. The van der Waals surface area contributed by atoms with Crippen molar-refractivity contribution in [2.45, 2.75) is 19.8 Å². The number of Topliss-reactive ketones (excluding diaryl/α,β-unsaturated/α-hetero) is 1. The number of ether oxygens (including phenoxy) is 3. The summed E-state index contributed by atoms with van der Waals surface area (Å²) in [5.41, 5.74) is -0.760. The maximum absolute atomic E-state index is 12.0. The van der Waals surface area contributed by atoms with Gasteiger partial charge < -0.3 is 14.2 Å². The predicted molar refractivity (Wildman–Crippen MR) is 53.3 cm³/mol. The molecular weight excluding hydrogens is 208 g/mol. The van der Waals surface area contributed by atoms with Gasteiger partial charge in [0.15, 0.2) is 0 Å². The number of alkyl halides is 1. The zero-order valence-corrected chi connectivity index (χ0v) is 9.97. The van der Waals surface area contributed by atoms with Crippen LogP contribution in [0.25, 0.3) is 0 Å². The highest BCUT2D eigenvalue weighted by atomic mass is 35.5. The molecule has 0 saturated heterocycles. The van der Waals surface area contributed by atoms with Crippen LogP contribution in [0.5, 0.6) is 0 Å². The Labute approximate surface area is 89.5 Å². The van der Waals surface area contributed by atoms with E-state index in [1.165, 1.54) is 21.3 Å². The van der Waals surface area contributed by atoms with Crippen LogP contribution in [0.3, 0.4) is 0 Å². The molecule has 0 aliphatic rings. The van der Waals surface area contributed by atoms with Crippen molar-refractivity contribution in [1.82, 2.24) is 0 Å². The number of methoxy groups -OCH3 is 3. The zero-order valence-electron chi connectivity index (χ0n) is 9.22. The summed E-state index contributed by atoms with van der Waals surface area (Å²) >= 11 is 5.68. The molecule has 0 amide bonds. The third kappa shape index (κ3) is 2.45. The van der Waals surface area contributed by atoms with Crippen LogP contribution in [-0.4, -0.2) is 39.0 Å². The first-order chi connectivity index (χ1) is 6.40. The van der Waals surface area contributed by atoms with E-state index in [0.29, 0.717) is 0 Å². The van der Waals surface area contributed by atoms with E-state index in [-0.39, 0.29) is 11.7 Å². The minimum absolute atomic E-state index is 0.170. The van der Waals surface area contributed by atoms with Crippen LogP contribution in [0.1, 0.15) is 13.8 Å². The summed E-state index contributed by atoms with van der Waals surface area (Å²) in [4.78, 5) is 12.0. The maximum atomic E-state index is 12.0. The summed E-state index contributed by atoms with van der Waals surface area (Å²) in [5, 5.41) is 0. The van der Waals surface area contributed by atoms with Crippen LogP contribution >= 0.6 is 11.6 Å². The minimum Gasteiger partial charge on any atom is -0.325 e. The average molecular weight is 225 g/mol. The first-order valence-corrected chi connectivity index (χ1v) is 4.70. The Morgan fingerprint density at radius 1 is 1.14 bits per heavy atom. The standard InChI is InChI=1S/C9H17ClO4/c1-8(2,6-10)7(11)9(12-3,13-4)14-5/h6H2,1-5H3. The van der Waals surface area contributed by atoms with Crippen molar-refractivity contribution in [3.05, 3.63) is 0 Å². The van der Waals surface area contributed by atoms with Gasteiger partial charge in [-0.2, -0.15) is 0 Å². The molecule has 0 radical (unpaired) electrons. The topological polar surface area (TPSA) is 44.8 Å². The van der Waals surface area contributed by atoms with Crippen LogP contribution in [0.4, 0.5) is 0 Å². The highest BCUT2D eigenvalue weighted by Crippen LogP contribution is 2.28. The molecule has 0 aliphatic carbocycles. The summed E-state index contributed by atoms with van der Waals surface area (Å²) in [7, 11) is 4.03. The van der Waals surface area contributed by atoms with Gasteiger partial charge in [-0.15, -0.1) is 11.6 Å². The van der Waals surface area contributed by atoms with Gasteiger partial charge >= 0.3 is 5.97 Å². The van der Waals surface area contributed by atoms with Crippen molar-refractivity contribution in [2.24, 2.45) is 5.41 Å². The Morgan fingerprint density at radius 3 is 1.71 bits per heavy atom. The van der Waals surface area contributed by atoms with Crippen molar-refractivity contribution in [1.29, 1.82) is 0 Å².